The Morgan fingerprint density at radius 1 is 1.33 bits per heavy atom. The molecule has 0 saturated heterocycles. The van der Waals surface area contributed by atoms with Crippen LogP contribution in [0.3, 0.4) is 0 Å². The Kier molecular flexibility index (Phi) is 5.15. The molecule has 0 radical (unpaired) electrons. The van der Waals surface area contributed by atoms with Gasteiger partial charge in [-0.3, -0.25) is 9.88 Å². The van der Waals surface area contributed by atoms with E-state index in [2.05, 4.69) is 51.3 Å². The summed E-state index contributed by atoms with van der Waals surface area (Å²) >= 11 is 3.48. The summed E-state index contributed by atoms with van der Waals surface area (Å²) in [4.78, 5) is 6.69. The number of nitrogens with zero attached hydrogens (tertiary/aromatic N) is 2. The van der Waals surface area contributed by atoms with Crippen molar-refractivity contribution in [3.05, 3.63) is 28.5 Å². The molecule has 1 N–H and O–H groups in total. The van der Waals surface area contributed by atoms with Gasteiger partial charge >= 0.3 is 0 Å². The highest BCUT2D eigenvalue weighted by atomic mass is 79.9. The van der Waals surface area contributed by atoms with Gasteiger partial charge in [0, 0.05) is 35.5 Å². The largest absolute Gasteiger partial charge is 0.317 e. The summed E-state index contributed by atoms with van der Waals surface area (Å²) in [5.41, 5.74) is 1.28. The van der Waals surface area contributed by atoms with Crippen molar-refractivity contribution in [3.63, 3.8) is 0 Å². The van der Waals surface area contributed by atoms with Crippen LogP contribution in [0.25, 0.3) is 0 Å². The Labute approximate surface area is 118 Å². The summed E-state index contributed by atoms with van der Waals surface area (Å²) in [6.45, 7) is 0.987. The number of hydrogen-bond acceptors (Lipinski definition) is 3. The predicted molar refractivity (Wildman–Crippen MR) is 78.5 cm³/mol. The lowest BCUT2D eigenvalue weighted by Crippen LogP contribution is -2.39. The van der Waals surface area contributed by atoms with Gasteiger partial charge in [0.1, 0.15) is 0 Å². The van der Waals surface area contributed by atoms with Crippen LogP contribution in [0.2, 0.25) is 0 Å². The smallest absolute Gasteiger partial charge is 0.0410 e. The molecule has 18 heavy (non-hydrogen) atoms. The van der Waals surface area contributed by atoms with Gasteiger partial charge in [0.25, 0.3) is 0 Å². The SMILES string of the molecule is CNC1CCC(N(C)Cc2cncc(Br)c2)CC1. The van der Waals surface area contributed by atoms with Gasteiger partial charge in [-0.15, -0.1) is 0 Å². The zero-order valence-electron chi connectivity index (χ0n) is 11.2. The highest BCUT2D eigenvalue weighted by Crippen LogP contribution is 2.23. The molecule has 1 aromatic rings. The molecule has 0 amide bonds. The minimum Gasteiger partial charge on any atom is -0.317 e. The average molecular weight is 312 g/mol. The molecule has 1 heterocycles. The molecule has 1 aromatic heterocycles. The summed E-state index contributed by atoms with van der Waals surface area (Å²) in [5, 5.41) is 3.39. The van der Waals surface area contributed by atoms with Crippen molar-refractivity contribution in [2.45, 2.75) is 44.3 Å². The summed E-state index contributed by atoms with van der Waals surface area (Å²) < 4.78 is 1.06. The van der Waals surface area contributed by atoms with Gasteiger partial charge in [-0.2, -0.15) is 0 Å². The molecule has 4 heteroatoms. The molecule has 0 bridgehead atoms. The van der Waals surface area contributed by atoms with Crippen molar-refractivity contribution in [3.8, 4) is 0 Å². The lowest BCUT2D eigenvalue weighted by atomic mass is 9.90. The first-order valence-corrected chi connectivity index (χ1v) is 7.45. The first-order chi connectivity index (χ1) is 8.69. The highest BCUT2D eigenvalue weighted by molar-refractivity contribution is 9.10. The topological polar surface area (TPSA) is 28.2 Å². The van der Waals surface area contributed by atoms with Crippen LogP contribution in [0, 0.1) is 0 Å². The van der Waals surface area contributed by atoms with Gasteiger partial charge in [-0.05, 0) is 67.3 Å². The minimum absolute atomic E-state index is 0.716. The normalized spacial score (nSPS) is 24.4. The van der Waals surface area contributed by atoms with Gasteiger partial charge in [0.2, 0.25) is 0 Å². The molecule has 1 fully saturated rings. The molecule has 0 atom stereocenters. The predicted octanol–water partition coefficient (Wildman–Crippen LogP) is 2.81. The number of aromatic nitrogens is 1. The molecule has 100 valence electrons. The van der Waals surface area contributed by atoms with Crippen LogP contribution in [-0.2, 0) is 6.54 Å². The van der Waals surface area contributed by atoms with Gasteiger partial charge < -0.3 is 5.32 Å². The van der Waals surface area contributed by atoms with Crippen LogP contribution in [0.15, 0.2) is 22.9 Å². The number of nitrogens with one attached hydrogen (secondary N) is 1. The Morgan fingerprint density at radius 3 is 2.67 bits per heavy atom. The van der Waals surface area contributed by atoms with E-state index in [-0.39, 0.29) is 0 Å². The van der Waals surface area contributed by atoms with E-state index in [1.165, 1.54) is 31.2 Å². The third kappa shape index (κ3) is 3.77. The fourth-order valence-corrected chi connectivity index (χ4v) is 3.18. The van der Waals surface area contributed by atoms with E-state index >= 15 is 0 Å². The Hall–Kier alpha value is -0.450. The number of pyridine rings is 1. The maximum absolute atomic E-state index is 4.22. The van der Waals surface area contributed by atoms with Gasteiger partial charge in [-0.25, -0.2) is 0 Å². The molecule has 3 nitrogen and oxygen atoms in total. The van der Waals surface area contributed by atoms with E-state index < -0.39 is 0 Å². The lowest BCUT2D eigenvalue weighted by molar-refractivity contribution is 0.170. The Bertz CT molecular complexity index is 375. The Balaban J connectivity index is 1.87. The van der Waals surface area contributed by atoms with Gasteiger partial charge in [0.05, 0.1) is 0 Å². The molecule has 0 unspecified atom stereocenters. The van der Waals surface area contributed by atoms with Crippen LogP contribution < -0.4 is 5.32 Å². The van der Waals surface area contributed by atoms with E-state index in [4.69, 9.17) is 0 Å². The van der Waals surface area contributed by atoms with Crippen molar-refractivity contribution >= 4 is 15.9 Å². The molecule has 0 spiro atoms. The second-order valence-electron chi connectivity index (χ2n) is 5.22. The van der Waals surface area contributed by atoms with Crippen molar-refractivity contribution in [1.29, 1.82) is 0 Å². The van der Waals surface area contributed by atoms with E-state index in [9.17, 15) is 0 Å². The van der Waals surface area contributed by atoms with Crippen molar-refractivity contribution in [2.75, 3.05) is 14.1 Å². The molecule has 0 aliphatic heterocycles. The fraction of sp³-hybridized carbons (Fsp3) is 0.643. The van der Waals surface area contributed by atoms with Crippen LogP contribution in [0.1, 0.15) is 31.2 Å². The first kappa shape index (κ1) is 14.0. The second kappa shape index (κ2) is 6.64. The van der Waals surface area contributed by atoms with Crippen molar-refractivity contribution in [2.24, 2.45) is 0 Å². The summed E-state index contributed by atoms with van der Waals surface area (Å²) in [5.74, 6) is 0. The third-order valence-electron chi connectivity index (χ3n) is 3.92. The Morgan fingerprint density at radius 2 is 2.06 bits per heavy atom. The maximum atomic E-state index is 4.22. The van der Waals surface area contributed by atoms with Crippen LogP contribution in [0.5, 0.6) is 0 Å². The quantitative estimate of drug-likeness (QED) is 0.927. The van der Waals surface area contributed by atoms with Crippen molar-refractivity contribution in [1.82, 2.24) is 15.2 Å². The van der Waals surface area contributed by atoms with E-state index in [0.29, 0.717) is 6.04 Å². The van der Waals surface area contributed by atoms with Crippen molar-refractivity contribution < 1.29 is 0 Å². The number of halogens is 1. The minimum atomic E-state index is 0.716. The second-order valence-corrected chi connectivity index (χ2v) is 6.14. The number of rotatable bonds is 4. The number of hydrogen-bond donors (Lipinski definition) is 1. The van der Waals surface area contributed by atoms with Crippen LogP contribution >= 0.6 is 15.9 Å². The van der Waals surface area contributed by atoms with Gasteiger partial charge in [-0.1, -0.05) is 0 Å². The fourth-order valence-electron chi connectivity index (χ4n) is 2.76. The molecule has 0 aromatic carbocycles. The molecule has 1 aliphatic rings. The van der Waals surface area contributed by atoms with Gasteiger partial charge in [0.15, 0.2) is 0 Å². The zero-order chi connectivity index (χ0) is 13.0. The van der Waals surface area contributed by atoms with E-state index in [1.807, 2.05) is 12.4 Å². The summed E-state index contributed by atoms with van der Waals surface area (Å²) in [6, 6.07) is 3.60. The molecular formula is C14H22BrN3. The first-order valence-electron chi connectivity index (χ1n) is 6.66. The molecule has 1 aliphatic carbocycles. The van der Waals surface area contributed by atoms with E-state index in [0.717, 1.165) is 17.1 Å². The third-order valence-corrected chi connectivity index (χ3v) is 4.36. The molecular weight excluding hydrogens is 290 g/mol. The van der Waals surface area contributed by atoms with Crippen LogP contribution in [0.4, 0.5) is 0 Å². The zero-order valence-corrected chi connectivity index (χ0v) is 12.8. The summed E-state index contributed by atoms with van der Waals surface area (Å²) in [6.07, 6.45) is 8.97. The molecule has 1 saturated carbocycles. The van der Waals surface area contributed by atoms with Crippen LogP contribution in [-0.4, -0.2) is 36.1 Å². The molecule has 2 rings (SSSR count). The maximum Gasteiger partial charge on any atom is 0.0410 e. The highest BCUT2D eigenvalue weighted by Gasteiger charge is 2.22. The van der Waals surface area contributed by atoms with E-state index in [1.54, 1.807) is 0 Å². The monoisotopic (exact) mass is 311 g/mol. The average Bonchev–Trinajstić information content (AvgIpc) is 2.39. The lowest BCUT2D eigenvalue weighted by Gasteiger charge is -2.34. The standard InChI is InChI=1S/C14H22BrN3/c1-16-13-3-5-14(6-4-13)18(2)10-11-7-12(15)9-17-8-11/h7-9,13-14,16H,3-6,10H2,1-2H3. The summed E-state index contributed by atoms with van der Waals surface area (Å²) in [7, 11) is 4.30.